The van der Waals surface area contributed by atoms with E-state index in [0.717, 1.165) is 23.3 Å². The lowest BCUT2D eigenvalue weighted by Gasteiger charge is -2.30. The molecule has 33 heavy (non-hydrogen) atoms. The molecule has 1 aliphatic rings. The molecule has 3 aromatic rings. The molecule has 5 nitrogen and oxygen atoms in total. The van der Waals surface area contributed by atoms with Crippen molar-refractivity contribution in [2.24, 2.45) is 7.05 Å². The topological polar surface area (TPSA) is 50.2 Å². The molecule has 0 saturated carbocycles. The fourth-order valence-electron chi connectivity index (χ4n) is 3.91. The summed E-state index contributed by atoms with van der Waals surface area (Å²) in [6.07, 6.45) is 0.679. The summed E-state index contributed by atoms with van der Waals surface area (Å²) in [7, 11) is 1.66. The summed E-state index contributed by atoms with van der Waals surface area (Å²) in [5.74, 6) is -3.71. The van der Waals surface area contributed by atoms with Crippen LogP contribution in [0.3, 0.4) is 0 Å². The van der Waals surface area contributed by atoms with Crippen molar-refractivity contribution in [3.8, 4) is 0 Å². The van der Waals surface area contributed by atoms with Gasteiger partial charge < -0.3 is 5.32 Å². The molecule has 2 heterocycles. The van der Waals surface area contributed by atoms with E-state index in [1.807, 2.05) is 11.8 Å². The third-order valence-electron chi connectivity index (χ3n) is 5.77. The molecule has 4 rings (SSSR count). The van der Waals surface area contributed by atoms with E-state index >= 15 is 0 Å². The second-order valence-electron chi connectivity index (χ2n) is 8.01. The van der Waals surface area contributed by atoms with E-state index in [0.29, 0.717) is 25.2 Å². The third-order valence-corrected chi connectivity index (χ3v) is 5.77. The van der Waals surface area contributed by atoms with Crippen molar-refractivity contribution in [3.05, 3.63) is 88.3 Å². The van der Waals surface area contributed by atoms with Crippen molar-refractivity contribution in [2.45, 2.75) is 19.9 Å². The summed E-state index contributed by atoms with van der Waals surface area (Å²) in [5, 5.41) is 6.43. The van der Waals surface area contributed by atoms with Crippen LogP contribution in [0.5, 0.6) is 0 Å². The van der Waals surface area contributed by atoms with Crippen molar-refractivity contribution in [2.75, 3.05) is 18.4 Å². The average Bonchev–Trinajstić information content (AvgIpc) is 3.16. The summed E-state index contributed by atoms with van der Waals surface area (Å²) in [6.45, 7) is 3.09. The summed E-state index contributed by atoms with van der Waals surface area (Å²) in [5.41, 5.74) is 2.05. The highest BCUT2D eigenvalue weighted by Gasteiger charge is 2.24. The molecule has 2 aromatic carbocycles. The van der Waals surface area contributed by atoms with Gasteiger partial charge in [-0.15, -0.1) is 0 Å². The third kappa shape index (κ3) is 4.68. The van der Waals surface area contributed by atoms with E-state index in [2.05, 4.69) is 10.4 Å². The molecule has 0 unspecified atom stereocenters. The molecule has 0 aliphatic carbocycles. The summed E-state index contributed by atoms with van der Waals surface area (Å²) >= 11 is 0. The number of nitrogens with zero attached hydrogens (tertiary/aromatic N) is 3. The van der Waals surface area contributed by atoms with Crippen molar-refractivity contribution in [3.63, 3.8) is 0 Å². The Balaban J connectivity index is 1.55. The van der Waals surface area contributed by atoms with Crippen LogP contribution in [0.4, 0.5) is 23.2 Å². The number of hydrogen-bond acceptors (Lipinski definition) is 3. The molecular formula is C24H22F4N4O. The molecular weight excluding hydrogens is 436 g/mol. The first kappa shape index (κ1) is 22.7. The molecule has 0 radical (unpaired) electrons. The molecule has 172 valence electrons. The Morgan fingerprint density at radius 2 is 1.64 bits per heavy atom. The number of nitrogens with one attached hydrogen (secondary N) is 1. The maximum atomic E-state index is 14.1. The standard InChI is InChI=1S/C24H22F4N4O/c1-14-9-10-32(13-16-17(25)5-3-6-18(16)26)12-15(14)22-11-21(30-31(22)2)24(33)29-23-19(27)7-4-8-20(23)28/h3-8,11H,9-10,12-13H2,1-2H3,(H,29,33). The molecule has 0 spiro atoms. The molecule has 1 aliphatic heterocycles. The average molecular weight is 458 g/mol. The van der Waals surface area contributed by atoms with Gasteiger partial charge in [0.25, 0.3) is 5.91 Å². The number of aromatic nitrogens is 2. The predicted molar refractivity (Wildman–Crippen MR) is 116 cm³/mol. The molecule has 1 aromatic heterocycles. The largest absolute Gasteiger partial charge is 0.316 e. The Labute approximate surface area is 188 Å². The van der Waals surface area contributed by atoms with E-state index in [4.69, 9.17) is 0 Å². The monoisotopic (exact) mass is 458 g/mol. The van der Waals surface area contributed by atoms with Crippen molar-refractivity contribution in [1.29, 1.82) is 0 Å². The van der Waals surface area contributed by atoms with E-state index in [-0.39, 0.29) is 17.8 Å². The number of halogens is 4. The zero-order valence-electron chi connectivity index (χ0n) is 18.1. The number of benzene rings is 2. The Kier molecular flexibility index (Phi) is 6.33. The van der Waals surface area contributed by atoms with E-state index in [1.165, 1.54) is 28.9 Å². The summed E-state index contributed by atoms with van der Waals surface area (Å²) in [4.78, 5) is 14.5. The Bertz CT molecular complexity index is 1210. The van der Waals surface area contributed by atoms with Gasteiger partial charge in [0.1, 0.15) is 29.0 Å². The number of anilines is 1. The first-order chi connectivity index (χ1) is 15.7. The summed E-state index contributed by atoms with van der Waals surface area (Å²) in [6, 6.07) is 8.63. The van der Waals surface area contributed by atoms with Crippen molar-refractivity contribution >= 4 is 17.2 Å². The quantitative estimate of drug-likeness (QED) is 0.553. The van der Waals surface area contributed by atoms with Crippen LogP contribution in [0.2, 0.25) is 0 Å². The van der Waals surface area contributed by atoms with Crippen LogP contribution in [0.1, 0.15) is 35.1 Å². The van der Waals surface area contributed by atoms with Gasteiger partial charge in [-0.2, -0.15) is 5.10 Å². The second kappa shape index (κ2) is 9.19. The van der Waals surface area contributed by atoms with Gasteiger partial charge in [-0.1, -0.05) is 17.7 Å². The number of carbonyl (C=O) groups excluding carboxylic acids is 1. The van der Waals surface area contributed by atoms with Gasteiger partial charge in [0.2, 0.25) is 0 Å². The predicted octanol–water partition coefficient (Wildman–Crippen LogP) is 4.91. The molecule has 1 amide bonds. The second-order valence-corrected chi connectivity index (χ2v) is 8.01. The van der Waals surface area contributed by atoms with Crippen LogP contribution in [0.15, 0.2) is 48.0 Å². The normalized spacial score (nSPS) is 14.6. The highest BCUT2D eigenvalue weighted by molar-refractivity contribution is 6.03. The lowest BCUT2D eigenvalue weighted by molar-refractivity contribution is 0.102. The fourth-order valence-corrected chi connectivity index (χ4v) is 3.91. The van der Waals surface area contributed by atoms with E-state index in [9.17, 15) is 22.4 Å². The molecule has 0 saturated heterocycles. The number of carbonyl (C=O) groups is 1. The highest BCUT2D eigenvalue weighted by atomic mass is 19.1. The minimum absolute atomic E-state index is 0.00674. The number of rotatable bonds is 5. The van der Waals surface area contributed by atoms with Gasteiger partial charge >= 0.3 is 0 Å². The van der Waals surface area contributed by atoms with Crippen LogP contribution >= 0.6 is 0 Å². The maximum absolute atomic E-state index is 14.1. The highest BCUT2D eigenvalue weighted by Crippen LogP contribution is 2.29. The van der Waals surface area contributed by atoms with E-state index < -0.39 is 34.9 Å². The first-order valence-corrected chi connectivity index (χ1v) is 10.4. The molecule has 0 fully saturated rings. The van der Waals surface area contributed by atoms with Crippen molar-refractivity contribution in [1.82, 2.24) is 14.7 Å². The number of amides is 1. The lowest BCUT2D eigenvalue weighted by Crippen LogP contribution is -2.31. The summed E-state index contributed by atoms with van der Waals surface area (Å²) < 4.78 is 57.5. The zero-order chi connectivity index (χ0) is 23.7. The Hall–Kier alpha value is -3.46. The molecule has 1 N–H and O–H groups in total. The van der Waals surface area contributed by atoms with Gasteiger partial charge in [0, 0.05) is 32.2 Å². The number of aryl methyl sites for hydroxylation is 1. The van der Waals surface area contributed by atoms with Crippen LogP contribution in [-0.2, 0) is 13.6 Å². The SMILES string of the molecule is CC1=C(c2cc(C(=O)Nc3c(F)cccc3F)nn2C)CN(Cc2c(F)cccc2F)CC1. The Morgan fingerprint density at radius 3 is 2.27 bits per heavy atom. The van der Waals surface area contributed by atoms with Crippen LogP contribution in [-0.4, -0.2) is 33.7 Å². The Morgan fingerprint density at radius 1 is 1.03 bits per heavy atom. The fraction of sp³-hybridized carbons (Fsp3) is 0.250. The molecule has 9 heteroatoms. The van der Waals surface area contributed by atoms with Crippen LogP contribution in [0, 0.1) is 23.3 Å². The number of hydrogen-bond donors (Lipinski definition) is 1. The van der Waals surface area contributed by atoms with Gasteiger partial charge in [-0.05, 0) is 49.2 Å². The van der Waals surface area contributed by atoms with Crippen LogP contribution in [0.25, 0.3) is 5.57 Å². The van der Waals surface area contributed by atoms with Gasteiger partial charge in [-0.3, -0.25) is 14.4 Å². The minimum Gasteiger partial charge on any atom is -0.316 e. The minimum atomic E-state index is -0.888. The number of para-hydroxylation sites is 1. The van der Waals surface area contributed by atoms with Gasteiger partial charge in [-0.25, -0.2) is 17.6 Å². The molecule has 0 atom stereocenters. The zero-order valence-corrected chi connectivity index (χ0v) is 18.1. The smallest absolute Gasteiger partial charge is 0.276 e. The maximum Gasteiger partial charge on any atom is 0.276 e. The lowest BCUT2D eigenvalue weighted by atomic mass is 9.98. The van der Waals surface area contributed by atoms with Crippen molar-refractivity contribution < 1.29 is 22.4 Å². The van der Waals surface area contributed by atoms with Crippen LogP contribution < -0.4 is 5.32 Å². The van der Waals surface area contributed by atoms with E-state index in [1.54, 1.807) is 13.1 Å². The van der Waals surface area contributed by atoms with Gasteiger partial charge in [0.05, 0.1) is 5.69 Å². The molecule has 0 bridgehead atoms. The van der Waals surface area contributed by atoms with Gasteiger partial charge in [0.15, 0.2) is 5.69 Å². The first-order valence-electron chi connectivity index (χ1n) is 10.4.